The summed E-state index contributed by atoms with van der Waals surface area (Å²) in [5.74, 6) is -0.447. The molecule has 0 unspecified atom stereocenters. The van der Waals surface area contributed by atoms with Crippen LogP contribution in [0.1, 0.15) is 12.5 Å². The Balaban J connectivity index is 2.23. The molecule has 0 bridgehead atoms. The summed E-state index contributed by atoms with van der Waals surface area (Å²) in [5, 5.41) is 0. The molecular formula is C16H18O6. The normalized spacial score (nSPS) is 10.3. The van der Waals surface area contributed by atoms with E-state index in [9.17, 15) is 9.59 Å². The molecule has 0 atom stereocenters. The lowest BCUT2D eigenvalue weighted by atomic mass is 10.2. The largest absolute Gasteiger partial charge is 0.497 e. The second-order valence-corrected chi connectivity index (χ2v) is 4.25. The quantitative estimate of drug-likeness (QED) is 0.241. The number of ether oxygens (including phenoxy) is 2. The van der Waals surface area contributed by atoms with Gasteiger partial charge in [0.1, 0.15) is 19.0 Å². The summed E-state index contributed by atoms with van der Waals surface area (Å²) in [4.78, 5) is 31.4. The van der Waals surface area contributed by atoms with Gasteiger partial charge in [-0.2, -0.15) is 4.89 Å². The van der Waals surface area contributed by atoms with Gasteiger partial charge in [-0.1, -0.05) is 18.7 Å². The molecular weight excluding hydrogens is 288 g/mol. The van der Waals surface area contributed by atoms with Crippen LogP contribution in [0, 0.1) is 0 Å². The average molecular weight is 306 g/mol. The number of methoxy groups -OCH3 is 1. The number of benzene rings is 1. The zero-order chi connectivity index (χ0) is 16.4. The van der Waals surface area contributed by atoms with Crippen molar-refractivity contribution in [1.82, 2.24) is 0 Å². The molecule has 0 saturated carbocycles. The van der Waals surface area contributed by atoms with Crippen LogP contribution in [-0.2, 0) is 24.1 Å². The Morgan fingerprint density at radius 1 is 1.18 bits per heavy atom. The Labute approximate surface area is 128 Å². The Bertz CT molecular complexity index is 544. The number of carbonyl (C=O) groups excluding carboxylic acids is 2. The molecule has 0 heterocycles. The van der Waals surface area contributed by atoms with Gasteiger partial charge in [0.2, 0.25) is 0 Å². The molecule has 0 radical (unpaired) electrons. The second-order valence-electron chi connectivity index (χ2n) is 4.25. The molecule has 1 rings (SSSR count). The van der Waals surface area contributed by atoms with E-state index in [1.165, 1.54) is 13.0 Å². The van der Waals surface area contributed by atoms with Crippen LogP contribution < -0.4 is 4.74 Å². The third-order valence-electron chi connectivity index (χ3n) is 2.42. The standard InChI is InChI=1S/C16H18O6/c1-12(2)16(18)22-21-11-10-20-15(17)9-6-13-4-7-14(19-3)8-5-13/h4-9H,1,10-11H2,2-3H3/b9-6+. The summed E-state index contributed by atoms with van der Waals surface area (Å²) in [6.45, 7) is 4.80. The van der Waals surface area contributed by atoms with Crippen molar-refractivity contribution >= 4 is 18.0 Å². The van der Waals surface area contributed by atoms with Crippen LogP contribution in [0.15, 0.2) is 42.5 Å². The summed E-state index contributed by atoms with van der Waals surface area (Å²) in [7, 11) is 1.58. The molecule has 118 valence electrons. The number of carbonyl (C=O) groups is 2. The molecule has 6 heteroatoms. The maximum atomic E-state index is 11.4. The van der Waals surface area contributed by atoms with E-state index in [1.54, 1.807) is 25.3 Å². The first kappa shape index (κ1) is 17.5. The van der Waals surface area contributed by atoms with E-state index in [2.05, 4.69) is 16.4 Å². The zero-order valence-corrected chi connectivity index (χ0v) is 12.5. The van der Waals surface area contributed by atoms with Gasteiger partial charge in [-0.15, -0.1) is 0 Å². The van der Waals surface area contributed by atoms with Crippen molar-refractivity contribution in [3.05, 3.63) is 48.1 Å². The summed E-state index contributed by atoms with van der Waals surface area (Å²) in [6.07, 6.45) is 2.91. The predicted molar refractivity (Wildman–Crippen MR) is 79.8 cm³/mol. The third-order valence-corrected chi connectivity index (χ3v) is 2.42. The summed E-state index contributed by atoms with van der Waals surface area (Å²) in [5.41, 5.74) is 1.06. The Morgan fingerprint density at radius 3 is 2.45 bits per heavy atom. The minimum atomic E-state index is -0.661. The SMILES string of the molecule is C=C(C)C(=O)OOCCOC(=O)/C=C/c1ccc(OC)cc1. The lowest BCUT2D eigenvalue weighted by Crippen LogP contribution is -2.12. The van der Waals surface area contributed by atoms with E-state index in [4.69, 9.17) is 9.47 Å². The average Bonchev–Trinajstić information content (AvgIpc) is 2.52. The van der Waals surface area contributed by atoms with Crippen molar-refractivity contribution in [1.29, 1.82) is 0 Å². The van der Waals surface area contributed by atoms with E-state index in [1.807, 2.05) is 12.1 Å². The molecule has 0 amide bonds. The summed E-state index contributed by atoms with van der Waals surface area (Å²) < 4.78 is 9.89. The Hall–Kier alpha value is -2.60. The van der Waals surface area contributed by atoms with Gasteiger partial charge in [0.05, 0.1) is 7.11 Å². The third kappa shape index (κ3) is 6.71. The molecule has 22 heavy (non-hydrogen) atoms. The zero-order valence-electron chi connectivity index (χ0n) is 12.5. The van der Waals surface area contributed by atoms with Crippen LogP contribution in [-0.4, -0.2) is 32.3 Å². The van der Waals surface area contributed by atoms with Gasteiger partial charge in [0.15, 0.2) is 0 Å². The van der Waals surface area contributed by atoms with Gasteiger partial charge < -0.3 is 9.47 Å². The van der Waals surface area contributed by atoms with Crippen molar-refractivity contribution in [3.63, 3.8) is 0 Å². The second kappa shape index (κ2) is 9.36. The van der Waals surface area contributed by atoms with Crippen LogP contribution in [0.4, 0.5) is 0 Å². The van der Waals surface area contributed by atoms with E-state index in [0.29, 0.717) is 0 Å². The van der Waals surface area contributed by atoms with E-state index < -0.39 is 11.9 Å². The van der Waals surface area contributed by atoms with Crippen molar-refractivity contribution in [2.24, 2.45) is 0 Å². The highest BCUT2D eigenvalue weighted by Crippen LogP contribution is 2.12. The van der Waals surface area contributed by atoms with Crippen molar-refractivity contribution in [2.75, 3.05) is 20.3 Å². The molecule has 1 aromatic rings. The molecule has 0 aliphatic heterocycles. The summed E-state index contributed by atoms with van der Waals surface area (Å²) in [6, 6.07) is 7.19. The van der Waals surface area contributed by atoms with Crippen LogP contribution >= 0.6 is 0 Å². The number of hydrogen-bond donors (Lipinski definition) is 0. The number of esters is 1. The van der Waals surface area contributed by atoms with Crippen LogP contribution in [0.25, 0.3) is 6.08 Å². The molecule has 1 aromatic carbocycles. The number of hydrogen-bond acceptors (Lipinski definition) is 6. The first-order valence-electron chi connectivity index (χ1n) is 6.51. The molecule has 0 aromatic heterocycles. The van der Waals surface area contributed by atoms with Crippen molar-refractivity contribution in [2.45, 2.75) is 6.92 Å². The van der Waals surface area contributed by atoms with Crippen LogP contribution in [0.5, 0.6) is 5.75 Å². The van der Waals surface area contributed by atoms with Gasteiger partial charge in [-0.05, 0) is 30.7 Å². The van der Waals surface area contributed by atoms with E-state index in [0.717, 1.165) is 11.3 Å². The van der Waals surface area contributed by atoms with Crippen LogP contribution in [0.3, 0.4) is 0 Å². The topological polar surface area (TPSA) is 71.1 Å². The highest BCUT2D eigenvalue weighted by Gasteiger charge is 2.04. The lowest BCUT2D eigenvalue weighted by Gasteiger charge is -2.03. The first-order valence-corrected chi connectivity index (χ1v) is 6.51. The fraction of sp³-hybridized carbons (Fsp3) is 0.250. The maximum absolute atomic E-state index is 11.4. The molecule has 0 aliphatic rings. The van der Waals surface area contributed by atoms with Gasteiger partial charge in [0.25, 0.3) is 0 Å². The molecule has 0 fully saturated rings. The van der Waals surface area contributed by atoms with E-state index in [-0.39, 0.29) is 18.8 Å². The predicted octanol–water partition coefficient (Wildman–Crippen LogP) is 2.30. The Kier molecular flexibility index (Phi) is 7.42. The van der Waals surface area contributed by atoms with E-state index >= 15 is 0 Å². The molecule has 6 nitrogen and oxygen atoms in total. The maximum Gasteiger partial charge on any atom is 0.368 e. The highest BCUT2D eigenvalue weighted by molar-refractivity contribution is 5.87. The minimum absolute atomic E-state index is 0.0325. The molecule has 0 saturated heterocycles. The smallest absolute Gasteiger partial charge is 0.368 e. The lowest BCUT2D eigenvalue weighted by molar-refractivity contribution is -0.271. The molecule has 0 N–H and O–H groups in total. The van der Waals surface area contributed by atoms with Gasteiger partial charge >= 0.3 is 11.9 Å². The Morgan fingerprint density at radius 2 is 1.86 bits per heavy atom. The fourth-order valence-electron chi connectivity index (χ4n) is 1.27. The minimum Gasteiger partial charge on any atom is -0.497 e. The molecule has 0 aliphatic carbocycles. The van der Waals surface area contributed by atoms with Gasteiger partial charge in [-0.25, -0.2) is 9.59 Å². The molecule has 0 spiro atoms. The summed E-state index contributed by atoms with van der Waals surface area (Å²) >= 11 is 0. The monoisotopic (exact) mass is 306 g/mol. The van der Waals surface area contributed by atoms with Gasteiger partial charge in [0, 0.05) is 11.6 Å². The number of rotatable bonds is 8. The fourth-order valence-corrected chi connectivity index (χ4v) is 1.27. The van der Waals surface area contributed by atoms with Gasteiger partial charge in [-0.3, -0.25) is 4.89 Å². The van der Waals surface area contributed by atoms with Crippen LogP contribution in [0.2, 0.25) is 0 Å². The van der Waals surface area contributed by atoms with Crippen molar-refractivity contribution in [3.8, 4) is 5.75 Å². The first-order chi connectivity index (χ1) is 10.5. The highest BCUT2D eigenvalue weighted by atomic mass is 17.2. The van der Waals surface area contributed by atoms with Crippen molar-refractivity contribution < 1.29 is 28.8 Å².